The van der Waals surface area contributed by atoms with Crippen molar-refractivity contribution < 1.29 is 14.5 Å². The van der Waals surface area contributed by atoms with Crippen LogP contribution in [0.2, 0.25) is 0 Å². The first-order valence-corrected chi connectivity index (χ1v) is 9.10. The maximum Gasteiger partial charge on any atom is 0.273 e. The summed E-state index contributed by atoms with van der Waals surface area (Å²) in [6.45, 7) is 7.86. The van der Waals surface area contributed by atoms with Crippen molar-refractivity contribution in [1.29, 1.82) is 0 Å². The van der Waals surface area contributed by atoms with Gasteiger partial charge in [0.15, 0.2) is 0 Å². The fourth-order valence-corrected chi connectivity index (χ4v) is 3.36. The minimum absolute atomic E-state index is 0.0651. The van der Waals surface area contributed by atoms with Gasteiger partial charge in [-0.25, -0.2) is 0 Å². The van der Waals surface area contributed by atoms with E-state index >= 15 is 0 Å². The molecular weight excluding hydrogens is 358 g/mol. The molecule has 0 bridgehead atoms. The van der Waals surface area contributed by atoms with Crippen molar-refractivity contribution in [2.24, 2.45) is 5.41 Å². The lowest BCUT2D eigenvalue weighted by atomic mass is 9.94. The van der Waals surface area contributed by atoms with Crippen LogP contribution in [-0.4, -0.2) is 23.3 Å². The molecule has 1 aliphatic heterocycles. The van der Waals surface area contributed by atoms with Gasteiger partial charge in [0.25, 0.3) is 11.6 Å². The van der Waals surface area contributed by atoms with Gasteiger partial charge in [0.2, 0.25) is 5.91 Å². The average molecular weight is 381 g/mol. The molecule has 2 aromatic rings. The topological polar surface area (TPSA) is 92.6 Å². The van der Waals surface area contributed by atoms with Gasteiger partial charge in [-0.3, -0.25) is 19.7 Å². The Hall–Kier alpha value is -3.22. The lowest BCUT2D eigenvalue weighted by Crippen LogP contribution is -2.38. The molecule has 3 rings (SSSR count). The lowest BCUT2D eigenvalue weighted by molar-refractivity contribution is -0.385. The Morgan fingerprint density at radius 1 is 1.18 bits per heavy atom. The Balaban J connectivity index is 1.83. The summed E-state index contributed by atoms with van der Waals surface area (Å²) < 4.78 is 0. The van der Waals surface area contributed by atoms with Gasteiger partial charge in [0, 0.05) is 40.5 Å². The highest BCUT2D eigenvalue weighted by Crippen LogP contribution is 2.34. The number of anilines is 2. The molecule has 1 aliphatic rings. The van der Waals surface area contributed by atoms with Gasteiger partial charge in [-0.1, -0.05) is 26.8 Å². The van der Waals surface area contributed by atoms with E-state index in [-0.39, 0.29) is 17.2 Å². The number of fused-ring (bicyclic) bond motifs is 1. The van der Waals surface area contributed by atoms with E-state index in [0.29, 0.717) is 17.8 Å². The maximum atomic E-state index is 12.6. The summed E-state index contributed by atoms with van der Waals surface area (Å²) in [5, 5.41) is 13.9. The van der Waals surface area contributed by atoms with Crippen LogP contribution in [0.25, 0.3) is 0 Å². The van der Waals surface area contributed by atoms with Crippen LogP contribution in [0.5, 0.6) is 0 Å². The van der Waals surface area contributed by atoms with Crippen LogP contribution in [0, 0.1) is 22.5 Å². The normalized spacial score (nSPS) is 13.2. The Morgan fingerprint density at radius 3 is 2.54 bits per heavy atom. The van der Waals surface area contributed by atoms with Crippen LogP contribution in [0.1, 0.15) is 42.3 Å². The number of amides is 2. The summed E-state index contributed by atoms with van der Waals surface area (Å²) in [6.07, 6.45) is 0.719. The Labute approximate surface area is 163 Å². The second kappa shape index (κ2) is 7.07. The summed E-state index contributed by atoms with van der Waals surface area (Å²) in [5.74, 6) is -0.336. The molecular formula is C21H23N3O4. The zero-order valence-electron chi connectivity index (χ0n) is 16.4. The molecule has 1 heterocycles. The molecule has 7 nitrogen and oxygen atoms in total. The molecule has 0 aliphatic carbocycles. The van der Waals surface area contributed by atoms with Crippen LogP contribution < -0.4 is 10.2 Å². The monoisotopic (exact) mass is 381 g/mol. The molecule has 0 atom stereocenters. The SMILES string of the molecule is Cc1c(C(=O)Nc2ccc3c(c2)CCN3C(=O)C(C)(C)C)cccc1[N+](=O)[O-]. The number of nitrogens with one attached hydrogen (secondary N) is 1. The fourth-order valence-electron chi connectivity index (χ4n) is 3.36. The Morgan fingerprint density at radius 2 is 1.89 bits per heavy atom. The molecule has 1 N–H and O–H groups in total. The summed E-state index contributed by atoms with van der Waals surface area (Å²) in [5.41, 5.74) is 2.49. The van der Waals surface area contributed by atoms with Crippen molar-refractivity contribution >= 4 is 28.9 Å². The highest BCUT2D eigenvalue weighted by molar-refractivity contribution is 6.06. The third kappa shape index (κ3) is 3.60. The second-order valence-corrected chi connectivity index (χ2v) is 7.96. The number of rotatable bonds is 3. The average Bonchev–Trinajstić information content (AvgIpc) is 3.03. The predicted octanol–water partition coefficient (Wildman–Crippen LogP) is 4.09. The number of hydrogen-bond donors (Lipinski definition) is 1. The number of nitro groups is 1. The number of benzene rings is 2. The Bertz CT molecular complexity index is 976. The zero-order chi connectivity index (χ0) is 20.6. The standard InChI is InChI=1S/C21H23N3O4/c1-13-16(6-5-7-17(13)24(27)28)19(25)22-15-8-9-18-14(12-15)10-11-23(18)20(26)21(2,3)4/h5-9,12H,10-11H2,1-4H3,(H,22,25). The Kier molecular flexibility index (Phi) is 4.93. The van der Waals surface area contributed by atoms with Gasteiger partial charge in [-0.2, -0.15) is 0 Å². The second-order valence-electron chi connectivity index (χ2n) is 7.96. The number of carbonyl (C=O) groups is 2. The molecule has 2 aromatic carbocycles. The molecule has 0 saturated heterocycles. The first-order chi connectivity index (χ1) is 13.1. The van der Waals surface area contributed by atoms with E-state index < -0.39 is 16.2 Å². The lowest BCUT2D eigenvalue weighted by Gasteiger charge is -2.26. The molecule has 28 heavy (non-hydrogen) atoms. The minimum Gasteiger partial charge on any atom is -0.322 e. The summed E-state index contributed by atoms with van der Waals surface area (Å²) >= 11 is 0. The minimum atomic E-state index is -0.498. The maximum absolute atomic E-state index is 12.6. The van der Waals surface area contributed by atoms with Gasteiger partial charge in [0.1, 0.15) is 0 Å². The predicted molar refractivity (Wildman–Crippen MR) is 108 cm³/mol. The first-order valence-electron chi connectivity index (χ1n) is 9.10. The van der Waals surface area contributed by atoms with E-state index in [1.54, 1.807) is 24.0 Å². The van der Waals surface area contributed by atoms with Crippen molar-refractivity contribution in [3.05, 3.63) is 63.2 Å². The van der Waals surface area contributed by atoms with Gasteiger partial charge in [-0.05, 0) is 43.2 Å². The van der Waals surface area contributed by atoms with E-state index in [9.17, 15) is 19.7 Å². The van der Waals surface area contributed by atoms with Crippen LogP contribution in [-0.2, 0) is 11.2 Å². The summed E-state index contributed by atoms with van der Waals surface area (Å²) in [4.78, 5) is 37.6. The number of nitrogens with zero attached hydrogens (tertiary/aromatic N) is 2. The van der Waals surface area contributed by atoms with Crippen molar-refractivity contribution in [3.8, 4) is 0 Å². The third-order valence-electron chi connectivity index (χ3n) is 4.87. The van der Waals surface area contributed by atoms with E-state index in [2.05, 4.69) is 5.32 Å². The molecule has 7 heteroatoms. The van der Waals surface area contributed by atoms with Gasteiger partial charge in [0.05, 0.1) is 4.92 Å². The highest BCUT2D eigenvalue weighted by atomic mass is 16.6. The number of hydrogen-bond acceptors (Lipinski definition) is 4. The van der Waals surface area contributed by atoms with E-state index in [1.165, 1.54) is 12.1 Å². The van der Waals surface area contributed by atoms with Crippen molar-refractivity contribution in [1.82, 2.24) is 0 Å². The van der Waals surface area contributed by atoms with Crippen LogP contribution in [0.4, 0.5) is 17.1 Å². The van der Waals surface area contributed by atoms with Crippen LogP contribution in [0.3, 0.4) is 0 Å². The molecule has 0 radical (unpaired) electrons. The largest absolute Gasteiger partial charge is 0.322 e. The smallest absolute Gasteiger partial charge is 0.273 e. The summed E-state index contributed by atoms with van der Waals surface area (Å²) in [6, 6.07) is 9.88. The molecule has 0 saturated carbocycles. The molecule has 0 spiro atoms. The van der Waals surface area contributed by atoms with Crippen LogP contribution >= 0.6 is 0 Å². The van der Waals surface area contributed by atoms with Gasteiger partial charge < -0.3 is 10.2 Å². The first kappa shape index (κ1) is 19.5. The van der Waals surface area contributed by atoms with E-state index in [4.69, 9.17) is 0 Å². The van der Waals surface area contributed by atoms with Crippen molar-refractivity contribution in [2.45, 2.75) is 34.1 Å². The van der Waals surface area contributed by atoms with Gasteiger partial charge >= 0.3 is 0 Å². The van der Waals surface area contributed by atoms with Crippen LogP contribution in [0.15, 0.2) is 36.4 Å². The van der Waals surface area contributed by atoms with E-state index in [1.807, 2.05) is 32.9 Å². The zero-order valence-corrected chi connectivity index (χ0v) is 16.4. The quantitative estimate of drug-likeness (QED) is 0.640. The van der Waals surface area contributed by atoms with E-state index in [0.717, 1.165) is 17.7 Å². The van der Waals surface area contributed by atoms with Gasteiger partial charge in [-0.15, -0.1) is 0 Å². The van der Waals surface area contributed by atoms with Crippen molar-refractivity contribution in [2.75, 3.05) is 16.8 Å². The fraction of sp³-hybridized carbons (Fsp3) is 0.333. The summed E-state index contributed by atoms with van der Waals surface area (Å²) in [7, 11) is 0. The third-order valence-corrected chi connectivity index (χ3v) is 4.87. The molecule has 0 unspecified atom stereocenters. The molecule has 0 aromatic heterocycles. The molecule has 0 fully saturated rings. The van der Waals surface area contributed by atoms with Crippen molar-refractivity contribution in [3.63, 3.8) is 0 Å². The molecule has 146 valence electrons. The molecule has 2 amide bonds. The number of carbonyl (C=O) groups excluding carboxylic acids is 2. The highest BCUT2D eigenvalue weighted by Gasteiger charge is 2.32. The number of nitro benzene ring substituents is 1.